The fraction of sp³-hybridized carbons (Fsp3) is 0.571. The molecule has 0 saturated heterocycles. The van der Waals surface area contributed by atoms with Gasteiger partial charge in [-0.2, -0.15) is 0 Å². The van der Waals surface area contributed by atoms with Gasteiger partial charge in [0.1, 0.15) is 0 Å². The molecule has 0 bridgehead atoms. The molecule has 0 atom stereocenters. The fourth-order valence-corrected chi connectivity index (χ4v) is 0.590. The highest BCUT2D eigenvalue weighted by atomic mass is 14.8. The summed E-state index contributed by atoms with van der Waals surface area (Å²) >= 11 is 0. The molecule has 0 fully saturated rings. The maximum absolute atomic E-state index is 5.36. The zero-order valence-electron chi connectivity index (χ0n) is 6.09. The lowest BCUT2D eigenvalue weighted by Crippen LogP contribution is -2.00. The number of aliphatic imine (C=N–C) groups is 1. The van der Waals surface area contributed by atoms with Crippen LogP contribution >= 0.6 is 0 Å². The number of nitrogens with two attached hydrogens (primary N) is 1. The van der Waals surface area contributed by atoms with Gasteiger partial charge < -0.3 is 5.73 Å². The van der Waals surface area contributed by atoms with Crippen molar-refractivity contribution in [1.82, 2.24) is 0 Å². The molecule has 0 aliphatic rings. The molecule has 0 aliphatic heterocycles. The molecule has 0 saturated carbocycles. The molecule has 2 heteroatoms. The molecule has 0 unspecified atom stereocenters. The van der Waals surface area contributed by atoms with Crippen LogP contribution in [0.25, 0.3) is 0 Å². The van der Waals surface area contributed by atoms with Crippen molar-refractivity contribution in [3.05, 3.63) is 11.8 Å². The van der Waals surface area contributed by atoms with E-state index in [-0.39, 0.29) is 0 Å². The van der Waals surface area contributed by atoms with Crippen molar-refractivity contribution >= 4 is 6.21 Å². The second-order valence-electron chi connectivity index (χ2n) is 1.70. The third-order valence-corrected chi connectivity index (χ3v) is 0.944. The molecule has 2 nitrogen and oxygen atoms in total. The van der Waals surface area contributed by atoms with Crippen LogP contribution in [0.5, 0.6) is 0 Å². The van der Waals surface area contributed by atoms with E-state index in [2.05, 4.69) is 11.9 Å². The summed E-state index contributed by atoms with van der Waals surface area (Å²) in [6, 6.07) is 0. The second kappa shape index (κ2) is 5.51. The number of hydrogen-bond donors (Lipinski definition) is 1. The van der Waals surface area contributed by atoms with E-state index in [1.807, 2.05) is 13.0 Å². The molecule has 0 aromatic heterocycles. The van der Waals surface area contributed by atoms with Gasteiger partial charge in [0.15, 0.2) is 0 Å². The van der Waals surface area contributed by atoms with Crippen LogP contribution in [0.2, 0.25) is 0 Å². The molecule has 52 valence electrons. The minimum Gasteiger partial charge on any atom is -0.325 e. The first-order valence-corrected chi connectivity index (χ1v) is 3.22. The van der Waals surface area contributed by atoms with Crippen molar-refractivity contribution in [3.8, 4) is 0 Å². The lowest BCUT2D eigenvalue weighted by atomic mass is 10.3. The minimum absolute atomic E-state index is 0.540. The number of allylic oxidation sites excluding steroid dienone is 1. The Bertz CT molecular complexity index is 114. The van der Waals surface area contributed by atoms with Crippen molar-refractivity contribution in [2.75, 3.05) is 6.54 Å². The van der Waals surface area contributed by atoms with Gasteiger partial charge in [0, 0.05) is 18.5 Å². The van der Waals surface area contributed by atoms with E-state index < -0.39 is 0 Å². The first-order valence-electron chi connectivity index (χ1n) is 3.22. The molecule has 0 aromatic rings. The van der Waals surface area contributed by atoms with Gasteiger partial charge in [0.2, 0.25) is 0 Å². The van der Waals surface area contributed by atoms with E-state index in [1.54, 1.807) is 6.21 Å². The van der Waals surface area contributed by atoms with Crippen LogP contribution in [0.15, 0.2) is 16.8 Å². The Hall–Kier alpha value is -0.630. The molecular weight excluding hydrogens is 112 g/mol. The molecule has 0 heterocycles. The van der Waals surface area contributed by atoms with E-state index in [4.69, 9.17) is 5.73 Å². The smallest absolute Gasteiger partial charge is 0.0495 e. The zero-order valence-corrected chi connectivity index (χ0v) is 6.09. The molecule has 0 radical (unpaired) electrons. The fourth-order valence-electron chi connectivity index (χ4n) is 0.590. The van der Waals surface area contributed by atoms with E-state index in [9.17, 15) is 0 Å². The average molecular weight is 126 g/mol. The minimum atomic E-state index is 0.540. The third-order valence-electron chi connectivity index (χ3n) is 0.944. The van der Waals surface area contributed by atoms with E-state index in [1.165, 1.54) is 0 Å². The summed E-state index contributed by atoms with van der Waals surface area (Å²) in [5.74, 6) is 0. The van der Waals surface area contributed by atoms with Crippen molar-refractivity contribution in [2.45, 2.75) is 20.3 Å². The largest absolute Gasteiger partial charge is 0.325 e. The molecular formula is C7H14N2. The molecule has 0 rings (SSSR count). The Morgan fingerprint density at radius 3 is 2.67 bits per heavy atom. The van der Waals surface area contributed by atoms with Gasteiger partial charge >= 0.3 is 0 Å². The first kappa shape index (κ1) is 8.37. The maximum atomic E-state index is 5.36. The standard InChI is InChI=1S/C7H14N2/c1-3-5-7(6-8)9-4-2/h4-5H,3,6,8H2,1-2H3/b7-5-,9-4?. The summed E-state index contributed by atoms with van der Waals surface area (Å²) in [6.45, 7) is 4.50. The van der Waals surface area contributed by atoms with Gasteiger partial charge in [-0.3, -0.25) is 4.99 Å². The maximum Gasteiger partial charge on any atom is 0.0495 e. The van der Waals surface area contributed by atoms with Crippen LogP contribution in [-0.4, -0.2) is 12.8 Å². The van der Waals surface area contributed by atoms with Gasteiger partial charge in [-0.05, 0) is 13.3 Å². The summed E-state index contributed by atoms with van der Waals surface area (Å²) in [7, 11) is 0. The number of nitrogens with zero attached hydrogens (tertiary/aromatic N) is 1. The van der Waals surface area contributed by atoms with E-state index in [0.717, 1.165) is 12.1 Å². The summed E-state index contributed by atoms with van der Waals surface area (Å²) < 4.78 is 0. The number of rotatable bonds is 3. The lowest BCUT2D eigenvalue weighted by Gasteiger charge is -1.92. The van der Waals surface area contributed by atoms with E-state index in [0.29, 0.717) is 6.54 Å². The lowest BCUT2D eigenvalue weighted by molar-refractivity contribution is 1.06. The molecule has 0 spiro atoms. The van der Waals surface area contributed by atoms with Gasteiger partial charge in [-0.15, -0.1) is 0 Å². The molecule has 9 heavy (non-hydrogen) atoms. The predicted octanol–water partition coefficient (Wildman–Crippen LogP) is 1.33. The molecule has 0 amide bonds. The van der Waals surface area contributed by atoms with Gasteiger partial charge in [0.05, 0.1) is 0 Å². The Kier molecular flexibility index (Phi) is 5.12. The van der Waals surface area contributed by atoms with Crippen molar-refractivity contribution < 1.29 is 0 Å². The normalized spacial score (nSPS) is 13.0. The van der Waals surface area contributed by atoms with Crippen molar-refractivity contribution in [2.24, 2.45) is 10.7 Å². The Morgan fingerprint density at radius 1 is 1.67 bits per heavy atom. The number of hydrogen-bond acceptors (Lipinski definition) is 2. The van der Waals surface area contributed by atoms with Crippen LogP contribution in [0.1, 0.15) is 20.3 Å². The topological polar surface area (TPSA) is 38.4 Å². The van der Waals surface area contributed by atoms with Crippen LogP contribution in [0, 0.1) is 0 Å². The highest BCUT2D eigenvalue weighted by Crippen LogP contribution is 1.93. The van der Waals surface area contributed by atoms with Gasteiger partial charge in [-0.25, -0.2) is 0 Å². The third kappa shape index (κ3) is 3.91. The van der Waals surface area contributed by atoms with Crippen molar-refractivity contribution in [1.29, 1.82) is 0 Å². The van der Waals surface area contributed by atoms with E-state index >= 15 is 0 Å². The van der Waals surface area contributed by atoms with Crippen LogP contribution < -0.4 is 5.73 Å². The van der Waals surface area contributed by atoms with Crippen LogP contribution in [-0.2, 0) is 0 Å². The van der Waals surface area contributed by atoms with Gasteiger partial charge in [0.25, 0.3) is 0 Å². The highest BCUT2D eigenvalue weighted by Gasteiger charge is 1.83. The quantitative estimate of drug-likeness (QED) is 0.569. The molecule has 2 N–H and O–H groups in total. The average Bonchev–Trinajstić information content (AvgIpc) is 1.88. The Balaban J connectivity index is 3.81. The second-order valence-corrected chi connectivity index (χ2v) is 1.70. The summed E-state index contributed by atoms with van der Waals surface area (Å²) in [6.07, 6.45) is 4.79. The summed E-state index contributed by atoms with van der Waals surface area (Å²) in [5, 5.41) is 0. The molecule has 0 aromatic carbocycles. The summed E-state index contributed by atoms with van der Waals surface area (Å²) in [5.41, 5.74) is 6.34. The Morgan fingerprint density at radius 2 is 2.33 bits per heavy atom. The van der Waals surface area contributed by atoms with Crippen molar-refractivity contribution in [3.63, 3.8) is 0 Å². The zero-order chi connectivity index (χ0) is 7.11. The Labute approximate surface area is 56.5 Å². The monoisotopic (exact) mass is 126 g/mol. The highest BCUT2D eigenvalue weighted by molar-refractivity contribution is 5.55. The SMILES string of the molecule is CC=N/C(=C\CC)CN. The van der Waals surface area contributed by atoms with Gasteiger partial charge in [-0.1, -0.05) is 13.0 Å². The van der Waals surface area contributed by atoms with Crippen LogP contribution in [0.3, 0.4) is 0 Å². The molecule has 0 aliphatic carbocycles. The first-order chi connectivity index (χ1) is 4.35. The van der Waals surface area contributed by atoms with Crippen LogP contribution in [0.4, 0.5) is 0 Å². The summed E-state index contributed by atoms with van der Waals surface area (Å²) in [4.78, 5) is 4.04. The predicted molar refractivity (Wildman–Crippen MR) is 41.6 cm³/mol.